The van der Waals surface area contributed by atoms with Crippen LogP contribution in [0.1, 0.15) is 11.1 Å². The molecule has 2 aromatic carbocycles. The van der Waals surface area contributed by atoms with Gasteiger partial charge in [-0.3, -0.25) is 0 Å². The van der Waals surface area contributed by atoms with E-state index in [4.69, 9.17) is 18.9 Å². The number of carbonyl (C=O) groups excluding carboxylic acids is 1. The molecule has 29 heavy (non-hydrogen) atoms. The quantitative estimate of drug-likeness (QED) is 0.290. The summed E-state index contributed by atoms with van der Waals surface area (Å²) in [6, 6.07) is 19.9. The fourth-order valence-electron chi connectivity index (χ4n) is 2.46. The van der Waals surface area contributed by atoms with Crippen LogP contribution in [-0.4, -0.2) is 39.0 Å². The van der Waals surface area contributed by atoms with Gasteiger partial charge in [-0.15, -0.1) is 0 Å². The summed E-state index contributed by atoms with van der Waals surface area (Å²) in [7, 11) is 1.45. The van der Waals surface area contributed by atoms with Crippen LogP contribution in [0.2, 0.25) is 0 Å². The van der Waals surface area contributed by atoms with Gasteiger partial charge >= 0.3 is 5.97 Å². The molecule has 2 rings (SSSR count). The first-order valence-corrected chi connectivity index (χ1v) is 9.53. The van der Waals surface area contributed by atoms with Gasteiger partial charge < -0.3 is 18.9 Å². The maximum absolute atomic E-state index is 11.7. The Bertz CT molecular complexity index is 740. The van der Waals surface area contributed by atoms with Gasteiger partial charge in [0.05, 0.1) is 26.4 Å². The first-order valence-electron chi connectivity index (χ1n) is 9.53. The smallest absolute Gasteiger partial charge is 0.332 e. The van der Waals surface area contributed by atoms with E-state index >= 15 is 0 Å². The van der Waals surface area contributed by atoms with Crippen LogP contribution < -0.4 is 0 Å². The normalized spacial score (nSPS) is 12.4. The Hall–Kier alpha value is -2.73. The van der Waals surface area contributed by atoms with Crippen LogP contribution in [0.25, 0.3) is 0 Å². The molecule has 0 fully saturated rings. The molecule has 0 bridgehead atoms. The number of benzene rings is 2. The minimum absolute atomic E-state index is 0.0911. The maximum atomic E-state index is 11.7. The summed E-state index contributed by atoms with van der Waals surface area (Å²) in [5, 5.41) is 0. The molecule has 1 unspecified atom stereocenters. The molecular weight excluding hydrogens is 368 g/mol. The maximum Gasteiger partial charge on any atom is 0.332 e. The second-order valence-electron chi connectivity index (χ2n) is 6.28. The molecule has 0 spiro atoms. The van der Waals surface area contributed by atoms with Crippen molar-refractivity contribution in [3.8, 4) is 0 Å². The fourth-order valence-corrected chi connectivity index (χ4v) is 2.46. The standard InChI is InChI=1S/C24H28O5/c1-26-20-24(25)29-23(19-28-18-22-13-7-3-8-14-22)15-9-4-10-16-27-17-21-11-5-2-6-12-21/h2-15,23H,16-20H2,1H3/b10-4+,15-9+. The van der Waals surface area contributed by atoms with Gasteiger partial charge in [0.15, 0.2) is 0 Å². The van der Waals surface area contributed by atoms with Crippen molar-refractivity contribution >= 4 is 5.97 Å². The van der Waals surface area contributed by atoms with Crippen molar-refractivity contribution in [1.82, 2.24) is 0 Å². The lowest BCUT2D eigenvalue weighted by Gasteiger charge is -2.14. The molecule has 0 radical (unpaired) electrons. The average Bonchev–Trinajstić information content (AvgIpc) is 2.74. The van der Waals surface area contributed by atoms with E-state index < -0.39 is 12.1 Å². The van der Waals surface area contributed by atoms with Crippen LogP contribution >= 0.6 is 0 Å². The molecule has 0 aliphatic heterocycles. The van der Waals surface area contributed by atoms with Crippen LogP contribution in [0.4, 0.5) is 0 Å². The highest BCUT2D eigenvalue weighted by atomic mass is 16.6. The third-order valence-electron chi connectivity index (χ3n) is 3.84. The van der Waals surface area contributed by atoms with E-state index in [1.54, 1.807) is 6.08 Å². The van der Waals surface area contributed by atoms with Crippen LogP contribution in [0.3, 0.4) is 0 Å². The van der Waals surface area contributed by atoms with Crippen molar-refractivity contribution < 1.29 is 23.7 Å². The molecule has 5 heteroatoms. The lowest BCUT2D eigenvalue weighted by atomic mass is 10.2. The molecule has 5 nitrogen and oxygen atoms in total. The minimum Gasteiger partial charge on any atom is -0.454 e. The Labute approximate surface area is 172 Å². The average molecular weight is 396 g/mol. The Balaban J connectivity index is 1.74. The highest BCUT2D eigenvalue weighted by molar-refractivity contribution is 5.71. The molecule has 0 saturated heterocycles. The zero-order chi connectivity index (χ0) is 20.6. The number of rotatable bonds is 13. The predicted octanol–water partition coefficient (Wildman–Crippen LogP) is 4.09. The summed E-state index contributed by atoms with van der Waals surface area (Å²) < 4.78 is 21.5. The van der Waals surface area contributed by atoms with Crippen molar-refractivity contribution in [1.29, 1.82) is 0 Å². The van der Waals surface area contributed by atoms with Gasteiger partial charge in [-0.1, -0.05) is 78.9 Å². The van der Waals surface area contributed by atoms with Gasteiger partial charge in [-0.2, -0.15) is 0 Å². The topological polar surface area (TPSA) is 54.0 Å². The first kappa shape index (κ1) is 22.6. The molecule has 0 N–H and O–H groups in total. The molecule has 0 aromatic heterocycles. The first-order chi connectivity index (χ1) is 14.3. The van der Waals surface area contributed by atoms with Crippen LogP contribution in [0.15, 0.2) is 85.0 Å². The number of esters is 1. The summed E-state index contributed by atoms with van der Waals surface area (Å²) in [6.07, 6.45) is 6.88. The zero-order valence-electron chi connectivity index (χ0n) is 16.7. The highest BCUT2D eigenvalue weighted by Gasteiger charge is 2.11. The van der Waals surface area contributed by atoms with E-state index in [0.29, 0.717) is 19.8 Å². The predicted molar refractivity (Wildman–Crippen MR) is 112 cm³/mol. The van der Waals surface area contributed by atoms with Gasteiger partial charge in [0, 0.05) is 7.11 Å². The molecule has 0 aliphatic carbocycles. The van der Waals surface area contributed by atoms with E-state index in [0.717, 1.165) is 11.1 Å². The number of ether oxygens (including phenoxy) is 4. The lowest BCUT2D eigenvalue weighted by molar-refractivity contribution is -0.153. The van der Waals surface area contributed by atoms with Gasteiger partial charge in [0.25, 0.3) is 0 Å². The van der Waals surface area contributed by atoms with E-state index in [1.807, 2.05) is 78.9 Å². The van der Waals surface area contributed by atoms with Crippen LogP contribution in [0, 0.1) is 0 Å². The fraction of sp³-hybridized carbons (Fsp3) is 0.292. The number of carbonyl (C=O) groups is 1. The molecule has 0 saturated carbocycles. The Morgan fingerprint density at radius 3 is 2.14 bits per heavy atom. The van der Waals surface area contributed by atoms with Crippen LogP contribution in [0.5, 0.6) is 0 Å². The minimum atomic E-state index is -0.490. The summed E-state index contributed by atoms with van der Waals surface area (Å²) >= 11 is 0. The molecule has 0 aliphatic rings. The van der Waals surface area contributed by atoms with Gasteiger partial charge in [0.2, 0.25) is 0 Å². The molecule has 0 heterocycles. The van der Waals surface area contributed by atoms with Gasteiger partial charge in [-0.25, -0.2) is 4.79 Å². The SMILES string of the molecule is COCC(=O)OC(/C=C/C=C/COCc1ccccc1)COCc1ccccc1. The number of hydrogen-bond acceptors (Lipinski definition) is 5. The van der Waals surface area contributed by atoms with Crippen LogP contribution in [-0.2, 0) is 37.0 Å². The molecule has 2 aromatic rings. The van der Waals surface area contributed by atoms with E-state index in [2.05, 4.69) is 0 Å². The second-order valence-corrected chi connectivity index (χ2v) is 6.28. The van der Waals surface area contributed by atoms with Crippen molar-refractivity contribution in [3.63, 3.8) is 0 Å². The summed E-state index contributed by atoms with van der Waals surface area (Å²) in [5.74, 6) is -0.430. The Kier molecular flexibility index (Phi) is 11.1. The Morgan fingerprint density at radius 2 is 1.52 bits per heavy atom. The van der Waals surface area contributed by atoms with Crippen molar-refractivity contribution in [2.75, 3.05) is 26.9 Å². The lowest BCUT2D eigenvalue weighted by Crippen LogP contribution is -2.24. The number of methoxy groups -OCH3 is 1. The molecule has 154 valence electrons. The van der Waals surface area contributed by atoms with E-state index in [-0.39, 0.29) is 13.2 Å². The molecule has 1 atom stereocenters. The monoisotopic (exact) mass is 396 g/mol. The third kappa shape index (κ3) is 10.4. The molecular formula is C24H28O5. The van der Waals surface area contributed by atoms with Gasteiger partial charge in [0.1, 0.15) is 12.7 Å². The number of allylic oxidation sites excluding steroid dienone is 2. The summed E-state index contributed by atoms with van der Waals surface area (Å²) in [6.45, 7) is 1.69. The second kappa shape index (κ2) is 14.3. The highest BCUT2D eigenvalue weighted by Crippen LogP contribution is 2.04. The Morgan fingerprint density at radius 1 is 0.897 bits per heavy atom. The van der Waals surface area contributed by atoms with Crippen molar-refractivity contribution in [2.45, 2.75) is 19.3 Å². The molecule has 0 amide bonds. The summed E-state index contributed by atoms with van der Waals surface area (Å²) in [5.41, 5.74) is 2.20. The number of hydrogen-bond donors (Lipinski definition) is 0. The third-order valence-corrected chi connectivity index (χ3v) is 3.84. The largest absolute Gasteiger partial charge is 0.454 e. The van der Waals surface area contributed by atoms with Crippen molar-refractivity contribution in [3.05, 3.63) is 96.1 Å². The summed E-state index contributed by atoms with van der Waals surface area (Å²) in [4.78, 5) is 11.7. The van der Waals surface area contributed by atoms with Gasteiger partial charge in [-0.05, 0) is 17.2 Å². The zero-order valence-corrected chi connectivity index (χ0v) is 16.7. The van der Waals surface area contributed by atoms with E-state index in [9.17, 15) is 4.79 Å². The van der Waals surface area contributed by atoms with Crippen molar-refractivity contribution in [2.24, 2.45) is 0 Å². The van der Waals surface area contributed by atoms with E-state index in [1.165, 1.54) is 7.11 Å².